The molecule has 2 N–H and O–H groups in total. The number of hydrogen-bond acceptors (Lipinski definition) is 3. The fraction of sp³-hybridized carbons (Fsp3) is 0.611. The van der Waals surface area contributed by atoms with Crippen LogP contribution in [0.1, 0.15) is 32.3 Å². The van der Waals surface area contributed by atoms with E-state index in [2.05, 4.69) is 24.1 Å². The Morgan fingerprint density at radius 3 is 2.92 bits per heavy atom. The van der Waals surface area contributed by atoms with Crippen LogP contribution < -0.4 is 10.1 Å². The Bertz CT molecular complexity index is 537. The van der Waals surface area contributed by atoms with Gasteiger partial charge in [-0.2, -0.15) is 0 Å². The normalized spacial score (nSPS) is 18.0. The summed E-state index contributed by atoms with van der Waals surface area (Å²) in [5.74, 6) is 2.45. The fourth-order valence-corrected chi connectivity index (χ4v) is 3.02. The van der Waals surface area contributed by atoms with Crippen molar-refractivity contribution in [2.45, 2.75) is 33.1 Å². The summed E-state index contributed by atoms with van der Waals surface area (Å²) in [6, 6.07) is 5.58. The number of halogens is 1. The van der Waals surface area contributed by atoms with E-state index in [9.17, 15) is 5.11 Å². The van der Waals surface area contributed by atoms with Gasteiger partial charge in [-0.3, -0.25) is 4.99 Å². The third-order valence-corrected chi connectivity index (χ3v) is 4.24. The zero-order valence-corrected chi connectivity index (χ0v) is 17.2. The van der Waals surface area contributed by atoms with E-state index >= 15 is 0 Å². The average Bonchev–Trinajstić information content (AvgIpc) is 2.55. The molecule has 0 spiro atoms. The van der Waals surface area contributed by atoms with E-state index in [0.29, 0.717) is 18.7 Å². The van der Waals surface area contributed by atoms with Gasteiger partial charge in [0.15, 0.2) is 17.5 Å². The Morgan fingerprint density at radius 1 is 1.46 bits per heavy atom. The molecule has 1 aromatic rings. The third kappa shape index (κ3) is 5.72. The molecule has 5 nitrogen and oxygen atoms in total. The Morgan fingerprint density at radius 2 is 2.25 bits per heavy atom. The van der Waals surface area contributed by atoms with Crippen molar-refractivity contribution >= 4 is 29.9 Å². The number of phenols is 1. The van der Waals surface area contributed by atoms with E-state index < -0.39 is 0 Å². The van der Waals surface area contributed by atoms with Crippen LogP contribution in [0.2, 0.25) is 0 Å². The number of guanidine groups is 1. The van der Waals surface area contributed by atoms with E-state index in [1.54, 1.807) is 13.2 Å². The van der Waals surface area contributed by atoms with Gasteiger partial charge in [0, 0.05) is 26.2 Å². The van der Waals surface area contributed by atoms with Crippen LogP contribution in [0.25, 0.3) is 0 Å². The monoisotopic (exact) mass is 447 g/mol. The molecule has 1 heterocycles. The van der Waals surface area contributed by atoms with Gasteiger partial charge in [-0.15, -0.1) is 24.0 Å². The number of ether oxygens (including phenoxy) is 1. The molecule has 1 aliphatic rings. The Labute approximate surface area is 162 Å². The number of methoxy groups -OCH3 is 1. The number of hydrogen-bond donors (Lipinski definition) is 2. The van der Waals surface area contributed by atoms with Crippen LogP contribution in [0.15, 0.2) is 23.2 Å². The summed E-state index contributed by atoms with van der Waals surface area (Å²) < 4.78 is 5.15. The Kier molecular flexibility index (Phi) is 9.25. The van der Waals surface area contributed by atoms with Crippen LogP contribution in [0.5, 0.6) is 11.5 Å². The standard InChI is InChI=1S/C18H29N3O2.HI/c1-4-19-18(21-12-6-7-14(2)13-21)20-11-10-15-8-5-9-16(23-3)17(15)22;/h5,8-9,14,22H,4,6-7,10-13H2,1-3H3,(H,19,20);1H. The Balaban J connectivity index is 0.00000288. The summed E-state index contributed by atoms with van der Waals surface area (Å²) in [6.45, 7) is 8.04. The molecule has 0 amide bonds. The summed E-state index contributed by atoms with van der Waals surface area (Å²) >= 11 is 0. The zero-order valence-electron chi connectivity index (χ0n) is 14.9. The van der Waals surface area contributed by atoms with Gasteiger partial charge in [-0.1, -0.05) is 19.1 Å². The highest BCUT2D eigenvalue weighted by molar-refractivity contribution is 14.0. The number of nitrogens with zero attached hydrogens (tertiary/aromatic N) is 2. The number of para-hydroxylation sites is 1. The first kappa shape index (κ1) is 20.9. The highest BCUT2D eigenvalue weighted by Gasteiger charge is 2.19. The lowest BCUT2D eigenvalue weighted by Gasteiger charge is -2.33. The van der Waals surface area contributed by atoms with Gasteiger partial charge in [-0.05, 0) is 43.7 Å². The lowest BCUT2D eigenvalue weighted by Crippen LogP contribution is -2.46. The fourth-order valence-electron chi connectivity index (χ4n) is 3.02. The topological polar surface area (TPSA) is 57.1 Å². The van der Waals surface area contributed by atoms with Gasteiger partial charge < -0.3 is 20.1 Å². The summed E-state index contributed by atoms with van der Waals surface area (Å²) in [4.78, 5) is 7.09. The number of aromatic hydroxyl groups is 1. The number of nitrogens with one attached hydrogen (secondary N) is 1. The first-order valence-electron chi connectivity index (χ1n) is 8.53. The van der Waals surface area contributed by atoms with Gasteiger partial charge >= 0.3 is 0 Å². The molecule has 1 aliphatic heterocycles. The van der Waals surface area contributed by atoms with Crippen molar-refractivity contribution in [3.8, 4) is 11.5 Å². The molecule has 1 unspecified atom stereocenters. The van der Waals surface area contributed by atoms with Gasteiger partial charge in [0.05, 0.1) is 7.11 Å². The van der Waals surface area contributed by atoms with E-state index in [0.717, 1.165) is 37.1 Å². The van der Waals surface area contributed by atoms with Crippen molar-refractivity contribution in [1.29, 1.82) is 0 Å². The molecule has 1 saturated heterocycles. The third-order valence-electron chi connectivity index (χ3n) is 4.24. The van der Waals surface area contributed by atoms with Crippen LogP contribution in [-0.2, 0) is 6.42 Å². The molecule has 0 saturated carbocycles. The predicted octanol–water partition coefficient (Wildman–Crippen LogP) is 3.26. The maximum absolute atomic E-state index is 10.1. The molecule has 0 bridgehead atoms. The number of likely N-dealkylation sites (tertiary alicyclic amines) is 1. The van der Waals surface area contributed by atoms with Crippen LogP contribution in [0.4, 0.5) is 0 Å². The Hall–Kier alpha value is -1.18. The van der Waals surface area contributed by atoms with Crippen LogP contribution in [0.3, 0.4) is 0 Å². The molecular formula is C18H30IN3O2. The second-order valence-corrected chi connectivity index (χ2v) is 6.15. The van der Waals surface area contributed by atoms with Crippen LogP contribution in [0, 0.1) is 5.92 Å². The summed E-state index contributed by atoms with van der Waals surface area (Å²) in [6.07, 6.45) is 3.22. The SMILES string of the molecule is CCNC(=NCCc1cccc(OC)c1O)N1CCCC(C)C1.I. The molecule has 0 aromatic heterocycles. The van der Waals surface area contributed by atoms with Crippen molar-refractivity contribution < 1.29 is 9.84 Å². The van der Waals surface area contributed by atoms with Crippen molar-refractivity contribution in [1.82, 2.24) is 10.2 Å². The smallest absolute Gasteiger partial charge is 0.193 e. The molecule has 2 rings (SSSR count). The molecule has 1 fully saturated rings. The quantitative estimate of drug-likeness (QED) is 0.414. The second-order valence-electron chi connectivity index (χ2n) is 6.15. The van der Waals surface area contributed by atoms with E-state index in [4.69, 9.17) is 9.73 Å². The average molecular weight is 447 g/mol. The number of piperidine rings is 1. The highest BCUT2D eigenvalue weighted by atomic mass is 127. The molecular weight excluding hydrogens is 417 g/mol. The maximum Gasteiger partial charge on any atom is 0.193 e. The van der Waals surface area contributed by atoms with Crippen molar-refractivity contribution in [2.75, 3.05) is 33.3 Å². The van der Waals surface area contributed by atoms with Crippen molar-refractivity contribution in [3.63, 3.8) is 0 Å². The largest absolute Gasteiger partial charge is 0.504 e. The van der Waals surface area contributed by atoms with Crippen LogP contribution in [-0.4, -0.2) is 49.3 Å². The maximum atomic E-state index is 10.1. The van der Waals surface area contributed by atoms with Gasteiger partial charge in [-0.25, -0.2) is 0 Å². The second kappa shape index (κ2) is 10.6. The summed E-state index contributed by atoms with van der Waals surface area (Å²) in [5.41, 5.74) is 0.871. The number of rotatable bonds is 5. The molecule has 6 heteroatoms. The number of aliphatic imine (C=N–C) groups is 1. The van der Waals surface area contributed by atoms with Gasteiger partial charge in [0.25, 0.3) is 0 Å². The lowest BCUT2D eigenvalue weighted by molar-refractivity contribution is 0.266. The summed E-state index contributed by atoms with van der Waals surface area (Å²) in [7, 11) is 1.57. The number of benzene rings is 1. The van der Waals surface area contributed by atoms with E-state index in [1.807, 2.05) is 12.1 Å². The molecule has 24 heavy (non-hydrogen) atoms. The van der Waals surface area contributed by atoms with Crippen molar-refractivity contribution in [2.24, 2.45) is 10.9 Å². The minimum Gasteiger partial charge on any atom is -0.504 e. The first-order valence-corrected chi connectivity index (χ1v) is 8.53. The number of phenolic OH excluding ortho intramolecular Hbond substituents is 1. The molecule has 0 radical (unpaired) electrons. The minimum absolute atomic E-state index is 0. The van der Waals surface area contributed by atoms with Crippen molar-refractivity contribution in [3.05, 3.63) is 23.8 Å². The minimum atomic E-state index is 0. The first-order chi connectivity index (χ1) is 11.2. The summed E-state index contributed by atoms with van der Waals surface area (Å²) in [5, 5.41) is 13.5. The van der Waals surface area contributed by atoms with Gasteiger partial charge in [0.2, 0.25) is 0 Å². The molecule has 0 aliphatic carbocycles. The van der Waals surface area contributed by atoms with Gasteiger partial charge in [0.1, 0.15) is 0 Å². The molecule has 136 valence electrons. The van der Waals surface area contributed by atoms with Crippen LogP contribution >= 0.6 is 24.0 Å². The lowest BCUT2D eigenvalue weighted by atomic mass is 10.0. The molecule has 1 aromatic carbocycles. The predicted molar refractivity (Wildman–Crippen MR) is 110 cm³/mol. The zero-order chi connectivity index (χ0) is 16.7. The highest BCUT2D eigenvalue weighted by Crippen LogP contribution is 2.29. The van der Waals surface area contributed by atoms with E-state index in [-0.39, 0.29) is 29.7 Å². The molecule has 1 atom stereocenters. The van der Waals surface area contributed by atoms with E-state index in [1.165, 1.54) is 12.8 Å².